The summed E-state index contributed by atoms with van der Waals surface area (Å²) in [5, 5.41) is 17.6. The molecule has 2 aromatic rings. The van der Waals surface area contributed by atoms with Gasteiger partial charge in [-0.1, -0.05) is 12.1 Å². The van der Waals surface area contributed by atoms with Crippen LogP contribution in [0.5, 0.6) is 0 Å². The van der Waals surface area contributed by atoms with Crippen molar-refractivity contribution in [3.63, 3.8) is 0 Å². The standard InChI is InChI=1S/C12H14N2O/c1-2-3-11(15)7-9-4-5-12-10(6-9)8-13-14-12/h2,4-6,8,11,15H,1,3,7H2,(H,13,14). The van der Waals surface area contributed by atoms with Crippen LogP contribution in [0.25, 0.3) is 10.9 Å². The van der Waals surface area contributed by atoms with Gasteiger partial charge in [0.15, 0.2) is 0 Å². The minimum Gasteiger partial charge on any atom is -0.392 e. The van der Waals surface area contributed by atoms with Crippen LogP contribution >= 0.6 is 0 Å². The van der Waals surface area contributed by atoms with Crippen molar-refractivity contribution >= 4 is 10.9 Å². The molecule has 0 saturated heterocycles. The molecule has 15 heavy (non-hydrogen) atoms. The van der Waals surface area contributed by atoms with Gasteiger partial charge in [-0.3, -0.25) is 5.10 Å². The first-order valence-electron chi connectivity index (χ1n) is 5.00. The Bertz CT molecular complexity index is 461. The maximum Gasteiger partial charge on any atom is 0.0650 e. The fourth-order valence-electron chi connectivity index (χ4n) is 1.67. The highest BCUT2D eigenvalue weighted by atomic mass is 16.3. The van der Waals surface area contributed by atoms with E-state index in [-0.39, 0.29) is 6.10 Å². The van der Waals surface area contributed by atoms with Crippen LogP contribution < -0.4 is 0 Å². The summed E-state index contributed by atoms with van der Waals surface area (Å²) in [5.74, 6) is 0. The van der Waals surface area contributed by atoms with Gasteiger partial charge in [-0.25, -0.2) is 0 Å². The molecule has 0 aliphatic heterocycles. The second-order valence-electron chi connectivity index (χ2n) is 3.67. The molecule has 1 aromatic heterocycles. The molecule has 1 atom stereocenters. The fraction of sp³-hybridized carbons (Fsp3) is 0.250. The third kappa shape index (κ3) is 2.25. The monoisotopic (exact) mass is 202 g/mol. The number of aliphatic hydroxyl groups excluding tert-OH is 1. The molecule has 1 heterocycles. The molecule has 0 aliphatic rings. The fourth-order valence-corrected chi connectivity index (χ4v) is 1.67. The van der Waals surface area contributed by atoms with E-state index >= 15 is 0 Å². The number of nitrogens with zero attached hydrogens (tertiary/aromatic N) is 1. The highest BCUT2D eigenvalue weighted by molar-refractivity contribution is 5.78. The minimum atomic E-state index is -0.341. The average molecular weight is 202 g/mol. The number of nitrogens with one attached hydrogen (secondary N) is 1. The Balaban J connectivity index is 2.17. The van der Waals surface area contributed by atoms with Crippen molar-refractivity contribution < 1.29 is 5.11 Å². The SMILES string of the molecule is C=CCC(O)Cc1ccc2[nH]ncc2c1. The summed E-state index contributed by atoms with van der Waals surface area (Å²) in [6.07, 6.45) is 4.47. The quantitative estimate of drug-likeness (QED) is 0.745. The summed E-state index contributed by atoms with van der Waals surface area (Å²) in [6.45, 7) is 3.61. The lowest BCUT2D eigenvalue weighted by atomic mass is 10.0. The number of hydrogen-bond acceptors (Lipinski definition) is 2. The van der Waals surface area contributed by atoms with Gasteiger partial charge in [0.1, 0.15) is 0 Å². The Morgan fingerprint density at radius 3 is 3.20 bits per heavy atom. The number of hydrogen-bond donors (Lipinski definition) is 2. The summed E-state index contributed by atoms with van der Waals surface area (Å²) in [7, 11) is 0. The van der Waals surface area contributed by atoms with E-state index in [4.69, 9.17) is 0 Å². The predicted molar refractivity (Wildman–Crippen MR) is 60.6 cm³/mol. The van der Waals surface area contributed by atoms with E-state index in [1.165, 1.54) is 0 Å². The van der Waals surface area contributed by atoms with Gasteiger partial charge >= 0.3 is 0 Å². The van der Waals surface area contributed by atoms with Crippen molar-refractivity contribution in [2.45, 2.75) is 18.9 Å². The average Bonchev–Trinajstić information content (AvgIpc) is 2.65. The Morgan fingerprint density at radius 2 is 2.40 bits per heavy atom. The molecular formula is C12H14N2O. The lowest BCUT2D eigenvalue weighted by molar-refractivity contribution is 0.178. The number of benzene rings is 1. The molecule has 0 radical (unpaired) electrons. The number of aliphatic hydroxyl groups is 1. The van der Waals surface area contributed by atoms with Crippen LogP contribution in [0.3, 0.4) is 0 Å². The molecule has 0 spiro atoms. The van der Waals surface area contributed by atoms with Crippen LogP contribution in [-0.2, 0) is 6.42 Å². The molecule has 3 nitrogen and oxygen atoms in total. The normalized spacial score (nSPS) is 12.9. The Morgan fingerprint density at radius 1 is 1.53 bits per heavy atom. The lowest BCUT2D eigenvalue weighted by Crippen LogP contribution is -2.08. The van der Waals surface area contributed by atoms with Crippen molar-refractivity contribution in [2.24, 2.45) is 0 Å². The molecule has 2 rings (SSSR count). The number of aromatic amines is 1. The van der Waals surface area contributed by atoms with E-state index < -0.39 is 0 Å². The highest BCUT2D eigenvalue weighted by Crippen LogP contribution is 2.14. The van der Waals surface area contributed by atoms with Gasteiger partial charge in [-0.15, -0.1) is 6.58 Å². The van der Waals surface area contributed by atoms with Crippen LogP contribution in [0.15, 0.2) is 37.1 Å². The van der Waals surface area contributed by atoms with E-state index in [1.807, 2.05) is 18.2 Å². The third-order valence-corrected chi connectivity index (χ3v) is 2.41. The zero-order chi connectivity index (χ0) is 10.7. The zero-order valence-corrected chi connectivity index (χ0v) is 8.48. The van der Waals surface area contributed by atoms with E-state index in [0.29, 0.717) is 12.8 Å². The van der Waals surface area contributed by atoms with Gasteiger partial charge in [0.25, 0.3) is 0 Å². The molecule has 0 fully saturated rings. The number of rotatable bonds is 4. The number of fused-ring (bicyclic) bond motifs is 1. The van der Waals surface area contributed by atoms with Crippen molar-refractivity contribution in [1.82, 2.24) is 10.2 Å². The summed E-state index contributed by atoms with van der Waals surface area (Å²) in [5.41, 5.74) is 2.15. The van der Waals surface area contributed by atoms with Gasteiger partial charge in [0, 0.05) is 5.39 Å². The molecule has 1 aromatic carbocycles. The van der Waals surface area contributed by atoms with Crippen molar-refractivity contribution in [3.05, 3.63) is 42.6 Å². The Kier molecular flexibility index (Phi) is 2.83. The maximum atomic E-state index is 9.63. The molecule has 2 N–H and O–H groups in total. The Hall–Kier alpha value is -1.61. The van der Waals surface area contributed by atoms with Crippen LogP contribution in [0.2, 0.25) is 0 Å². The van der Waals surface area contributed by atoms with Crippen LogP contribution in [0.4, 0.5) is 0 Å². The summed E-state index contributed by atoms with van der Waals surface area (Å²) < 4.78 is 0. The van der Waals surface area contributed by atoms with Gasteiger partial charge < -0.3 is 5.11 Å². The van der Waals surface area contributed by atoms with Gasteiger partial charge in [0.2, 0.25) is 0 Å². The molecule has 0 aliphatic carbocycles. The van der Waals surface area contributed by atoms with Crippen molar-refractivity contribution in [2.75, 3.05) is 0 Å². The summed E-state index contributed by atoms with van der Waals surface area (Å²) in [4.78, 5) is 0. The molecule has 0 amide bonds. The lowest BCUT2D eigenvalue weighted by Gasteiger charge is -2.07. The van der Waals surface area contributed by atoms with E-state index in [0.717, 1.165) is 16.5 Å². The van der Waals surface area contributed by atoms with Crippen LogP contribution in [-0.4, -0.2) is 21.4 Å². The van der Waals surface area contributed by atoms with E-state index in [2.05, 4.69) is 16.8 Å². The zero-order valence-electron chi connectivity index (χ0n) is 8.48. The number of H-pyrrole nitrogens is 1. The van der Waals surface area contributed by atoms with Gasteiger partial charge in [-0.2, -0.15) is 5.10 Å². The van der Waals surface area contributed by atoms with E-state index in [9.17, 15) is 5.11 Å². The first kappa shape index (κ1) is 9.93. The molecule has 78 valence electrons. The van der Waals surface area contributed by atoms with Crippen molar-refractivity contribution in [1.29, 1.82) is 0 Å². The van der Waals surface area contributed by atoms with Gasteiger partial charge in [0.05, 0.1) is 17.8 Å². The number of aromatic nitrogens is 2. The van der Waals surface area contributed by atoms with Crippen molar-refractivity contribution in [3.8, 4) is 0 Å². The molecule has 1 unspecified atom stereocenters. The molecule has 3 heteroatoms. The minimum absolute atomic E-state index is 0.341. The first-order valence-corrected chi connectivity index (χ1v) is 5.00. The van der Waals surface area contributed by atoms with Gasteiger partial charge in [-0.05, 0) is 30.5 Å². The topological polar surface area (TPSA) is 48.9 Å². The Labute approximate surface area is 88.4 Å². The predicted octanol–water partition coefficient (Wildman–Crippen LogP) is 2.04. The largest absolute Gasteiger partial charge is 0.392 e. The molecule has 0 saturated carbocycles. The van der Waals surface area contributed by atoms with E-state index in [1.54, 1.807) is 12.3 Å². The second-order valence-corrected chi connectivity index (χ2v) is 3.67. The summed E-state index contributed by atoms with van der Waals surface area (Å²) >= 11 is 0. The highest BCUT2D eigenvalue weighted by Gasteiger charge is 2.04. The van der Waals surface area contributed by atoms with Crippen LogP contribution in [0, 0.1) is 0 Å². The second kappa shape index (κ2) is 4.28. The maximum absolute atomic E-state index is 9.63. The van der Waals surface area contributed by atoms with Crippen LogP contribution in [0.1, 0.15) is 12.0 Å². The molecular weight excluding hydrogens is 188 g/mol. The first-order chi connectivity index (χ1) is 7.29. The summed E-state index contributed by atoms with van der Waals surface area (Å²) in [6, 6.07) is 6.04. The molecule has 0 bridgehead atoms. The smallest absolute Gasteiger partial charge is 0.0650 e. The third-order valence-electron chi connectivity index (χ3n) is 2.41.